The number of benzene rings is 3. The Morgan fingerprint density at radius 3 is 2.18 bits per heavy atom. The van der Waals surface area contributed by atoms with Gasteiger partial charge in [0.15, 0.2) is 6.10 Å². The predicted octanol–water partition coefficient (Wildman–Crippen LogP) is 4.71. The molecular formula is C27H22N2O4. The van der Waals surface area contributed by atoms with E-state index in [2.05, 4.69) is 0 Å². The van der Waals surface area contributed by atoms with Crippen molar-refractivity contribution >= 4 is 23.5 Å². The van der Waals surface area contributed by atoms with Gasteiger partial charge in [0.05, 0.1) is 13.7 Å². The van der Waals surface area contributed by atoms with Gasteiger partial charge in [0.1, 0.15) is 17.6 Å². The first kappa shape index (κ1) is 21.8. The van der Waals surface area contributed by atoms with Gasteiger partial charge in [-0.15, -0.1) is 0 Å². The Balaban J connectivity index is 1.68. The van der Waals surface area contributed by atoms with Gasteiger partial charge in [0.2, 0.25) is 0 Å². The maximum Gasteiger partial charge on any atom is 0.261 e. The lowest BCUT2D eigenvalue weighted by Crippen LogP contribution is -2.41. The third kappa shape index (κ3) is 4.63. The first-order valence-corrected chi connectivity index (χ1v) is 10.5. The van der Waals surface area contributed by atoms with Gasteiger partial charge in [-0.3, -0.25) is 14.5 Å². The Bertz CT molecular complexity index is 1250. The fraction of sp³-hybridized carbons (Fsp3) is 0.148. The zero-order valence-electron chi connectivity index (χ0n) is 18.3. The number of nitriles is 1. The Kier molecular flexibility index (Phi) is 6.23. The van der Waals surface area contributed by atoms with E-state index in [1.54, 1.807) is 62.6 Å². The van der Waals surface area contributed by atoms with Crippen molar-refractivity contribution in [3.05, 3.63) is 95.1 Å². The molecule has 0 aromatic heterocycles. The monoisotopic (exact) mass is 438 g/mol. The normalized spacial score (nSPS) is 15.1. The number of fused-ring (bicyclic) bond motifs is 1. The smallest absolute Gasteiger partial charge is 0.261 e. The Morgan fingerprint density at radius 1 is 0.909 bits per heavy atom. The lowest BCUT2D eigenvalue weighted by atomic mass is 9.91. The van der Waals surface area contributed by atoms with Crippen LogP contribution >= 0.6 is 0 Å². The zero-order valence-corrected chi connectivity index (χ0v) is 18.3. The summed E-state index contributed by atoms with van der Waals surface area (Å²) in [6, 6.07) is 23.5. The van der Waals surface area contributed by atoms with Crippen LogP contribution in [0.2, 0.25) is 0 Å². The van der Waals surface area contributed by atoms with Crippen LogP contribution in [0.3, 0.4) is 0 Å². The highest BCUT2D eigenvalue weighted by Crippen LogP contribution is 2.32. The van der Waals surface area contributed by atoms with Crippen molar-refractivity contribution in [1.29, 1.82) is 5.26 Å². The van der Waals surface area contributed by atoms with Crippen LogP contribution in [0.5, 0.6) is 11.5 Å². The molecular weight excluding hydrogens is 416 g/mol. The molecule has 2 amide bonds. The largest absolute Gasteiger partial charge is 0.497 e. The van der Waals surface area contributed by atoms with E-state index in [9.17, 15) is 9.59 Å². The number of ether oxygens (including phenoxy) is 2. The molecule has 1 heterocycles. The molecule has 0 saturated carbocycles. The molecule has 4 rings (SSSR count). The summed E-state index contributed by atoms with van der Waals surface area (Å²) in [4.78, 5) is 27.8. The van der Waals surface area contributed by atoms with E-state index >= 15 is 0 Å². The van der Waals surface area contributed by atoms with Crippen LogP contribution in [0.4, 0.5) is 0 Å². The molecule has 0 fully saturated rings. The van der Waals surface area contributed by atoms with E-state index in [4.69, 9.17) is 14.7 Å². The average Bonchev–Trinajstić information content (AvgIpc) is 2.85. The fourth-order valence-corrected chi connectivity index (χ4v) is 3.64. The summed E-state index contributed by atoms with van der Waals surface area (Å²) in [7, 11) is 1.59. The van der Waals surface area contributed by atoms with Crippen molar-refractivity contribution < 1.29 is 19.1 Å². The molecule has 0 unspecified atom stereocenters. The highest BCUT2D eigenvalue weighted by Gasteiger charge is 2.34. The van der Waals surface area contributed by atoms with Crippen molar-refractivity contribution in [3.8, 4) is 17.6 Å². The van der Waals surface area contributed by atoms with E-state index in [0.717, 1.165) is 11.1 Å². The molecule has 0 saturated heterocycles. The van der Waals surface area contributed by atoms with Crippen LogP contribution < -0.4 is 9.47 Å². The van der Waals surface area contributed by atoms with E-state index < -0.39 is 6.10 Å². The molecule has 1 aliphatic heterocycles. The molecule has 1 atom stereocenters. The first-order valence-electron chi connectivity index (χ1n) is 10.5. The van der Waals surface area contributed by atoms with Crippen LogP contribution in [-0.4, -0.2) is 29.9 Å². The molecule has 164 valence electrons. The highest BCUT2D eigenvalue weighted by molar-refractivity contribution is 6.33. The molecule has 0 aliphatic carbocycles. The Morgan fingerprint density at radius 2 is 1.55 bits per heavy atom. The number of amides is 2. The van der Waals surface area contributed by atoms with Gasteiger partial charge in [-0.1, -0.05) is 42.5 Å². The number of imide groups is 1. The second-order valence-corrected chi connectivity index (χ2v) is 7.61. The molecule has 0 spiro atoms. The molecule has 3 aromatic carbocycles. The third-order valence-corrected chi connectivity index (χ3v) is 5.35. The van der Waals surface area contributed by atoms with Gasteiger partial charge < -0.3 is 9.47 Å². The maximum absolute atomic E-state index is 13.4. The van der Waals surface area contributed by atoms with Crippen molar-refractivity contribution in [3.63, 3.8) is 0 Å². The Hall–Kier alpha value is -4.37. The van der Waals surface area contributed by atoms with Crippen LogP contribution in [0.25, 0.3) is 11.6 Å². The predicted molar refractivity (Wildman–Crippen MR) is 124 cm³/mol. The lowest BCUT2D eigenvalue weighted by Gasteiger charge is -2.29. The van der Waals surface area contributed by atoms with E-state index in [1.807, 2.05) is 36.4 Å². The van der Waals surface area contributed by atoms with Gasteiger partial charge >= 0.3 is 0 Å². The third-order valence-electron chi connectivity index (χ3n) is 5.35. The summed E-state index contributed by atoms with van der Waals surface area (Å²) < 4.78 is 10.7. The van der Waals surface area contributed by atoms with Gasteiger partial charge in [-0.05, 0) is 60.0 Å². The minimum atomic E-state index is -0.557. The van der Waals surface area contributed by atoms with Crippen LogP contribution in [0.15, 0.2) is 72.8 Å². The van der Waals surface area contributed by atoms with Crippen LogP contribution in [-0.2, 0) is 11.3 Å². The average molecular weight is 438 g/mol. The van der Waals surface area contributed by atoms with Crippen molar-refractivity contribution in [1.82, 2.24) is 4.90 Å². The van der Waals surface area contributed by atoms with E-state index in [-0.39, 0.29) is 18.4 Å². The maximum atomic E-state index is 13.4. The molecule has 33 heavy (non-hydrogen) atoms. The number of methoxy groups -OCH3 is 1. The summed E-state index contributed by atoms with van der Waals surface area (Å²) in [6.45, 7) is 1.83. The van der Waals surface area contributed by atoms with Gasteiger partial charge in [0.25, 0.3) is 11.8 Å². The summed E-state index contributed by atoms with van der Waals surface area (Å²) in [5.74, 6) is 0.598. The van der Waals surface area contributed by atoms with E-state index in [0.29, 0.717) is 28.2 Å². The standard InChI is InChI=1S/C27H22N2O4/c1-18(16-28)33-22-13-7-19(8-14-22)15-25-23-5-3-4-6-24(23)26(30)29(27(25)31)17-20-9-11-21(32-2)12-10-20/h3-15,18H,17H2,1-2H3/b25-15-/t18-/m1/s1. The second-order valence-electron chi connectivity index (χ2n) is 7.61. The second kappa shape index (κ2) is 9.41. The molecule has 6 nitrogen and oxygen atoms in total. The van der Waals surface area contributed by atoms with Crippen LogP contribution in [0, 0.1) is 11.3 Å². The van der Waals surface area contributed by atoms with Gasteiger partial charge in [-0.25, -0.2) is 0 Å². The minimum absolute atomic E-state index is 0.159. The lowest BCUT2D eigenvalue weighted by molar-refractivity contribution is -0.123. The van der Waals surface area contributed by atoms with Crippen molar-refractivity contribution in [2.45, 2.75) is 19.6 Å². The molecule has 0 N–H and O–H groups in total. The number of hydrogen-bond acceptors (Lipinski definition) is 5. The van der Waals surface area contributed by atoms with Gasteiger partial charge in [0, 0.05) is 11.1 Å². The van der Waals surface area contributed by atoms with Crippen LogP contribution in [0.1, 0.15) is 34.0 Å². The number of carbonyl (C=O) groups excluding carboxylic acids is 2. The Labute approximate surface area is 192 Å². The quantitative estimate of drug-likeness (QED) is 0.411. The molecule has 0 bridgehead atoms. The topological polar surface area (TPSA) is 79.6 Å². The highest BCUT2D eigenvalue weighted by atomic mass is 16.5. The molecule has 3 aromatic rings. The van der Waals surface area contributed by atoms with Crippen molar-refractivity contribution in [2.24, 2.45) is 0 Å². The number of nitrogens with zero attached hydrogens (tertiary/aromatic N) is 2. The summed E-state index contributed by atoms with van der Waals surface area (Å²) in [6.07, 6.45) is 1.21. The minimum Gasteiger partial charge on any atom is -0.497 e. The fourth-order valence-electron chi connectivity index (χ4n) is 3.64. The summed E-state index contributed by atoms with van der Waals surface area (Å²) in [5, 5.41) is 8.91. The SMILES string of the molecule is COc1ccc(CN2C(=O)/C(=C\c3ccc(O[C@H](C)C#N)cc3)c3ccccc3C2=O)cc1. The number of rotatable bonds is 6. The number of hydrogen-bond donors (Lipinski definition) is 0. The zero-order chi connectivity index (χ0) is 23.4. The molecule has 0 radical (unpaired) electrons. The van der Waals surface area contributed by atoms with E-state index in [1.165, 1.54) is 4.90 Å². The number of carbonyl (C=O) groups is 2. The molecule has 1 aliphatic rings. The summed E-state index contributed by atoms with van der Waals surface area (Å²) in [5.41, 5.74) is 3.14. The van der Waals surface area contributed by atoms with Gasteiger partial charge in [-0.2, -0.15) is 5.26 Å². The summed E-state index contributed by atoms with van der Waals surface area (Å²) >= 11 is 0. The molecule has 6 heteroatoms. The first-order chi connectivity index (χ1) is 16.0. The van der Waals surface area contributed by atoms with Crippen molar-refractivity contribution in [2.75, 3.05) is 7.11 Å².